The van der Waals surface area contributed by atoms with Crippen LogP contribution in [-0.2, 0) is 4.79 Å². The minimum atomic E-state index is -0.920. The zero-order valence-corrected chi connectivity index (χ0v) is 19.0. The third-order valence-electron chi connectivity index (χ3n) is 4.87. The first kappa shape index (κ1) is 24.2. The molecule has 11 nitrogen and oxygen atoms in total. The van der Waals surface area contributed by atoms with Crippen LogP contribution >= 0.6 is 11.6 Å². The number of hydrogen-bond acceptors (Lipinski definition) is 8. The summed E-state index contributed by atoms with van der Waals surface area (Å²) < 4.78 is 10.6. The molecule has 0 radical (unpaired) electrons. The van der Waals surface area contributed by atoms with Crippen LogP contribution in [0.5, 0.6) is 17.2 Å². The number of rotatable bonds is 7. The zero-order valence-electron chi connectivity index (χ0n) is 18.3. The van der Waals surface area contributed by atoms with Crippen LogP contribution in [0.4, 0.5) is 5.69 Å². The molecule has 1 aliphatic heterocycles. The second-order valence-electron chi connectivity index (χ2n) is 7.29. The van der Waals surface area contributed by atoms with Crippen LogP contribution in [0.3, 0.4) is 0 Å². The van der Waals surface area contributed by atoms with Crippen LogP contribution in [0.1, 0.15) is 21.5 Å². The van der Waals surface area contributed by atoms with Crippen molar-refractivity contribution in [3.63, 3.8) is 0 Å². The Balaban J connectivity index is 1.59. The van der Waals surface area contributed by atoms with Crippen molar-refractivity contribution in [2.24, 2.45) is 5.10 Å². The van der Waals surface area contributed by atoms with Gasteiger partial charge in [-0.1, -0.05) is 35.9 Å². The van der Waals surface area contributed by atoms with E-state index in [1.165, 1.54) is 12.1 Å². The molecule has 0 atom stereocenters. The van der Waals surface area contributed by atoms with E-state index >= 15 is 0 Å². The van der Waals surface area contributed by atoms with Crippen LogP contribution < -0.4 is 25.3 Å². The van der Waals surface area contributed by atoms with E-state index in [0.717, 1.165) is 12.3 Å². The van der Waals surface area contributed by atoms with Crippen LogP contribution in [0, 0.1) is 10.1 Å². The lowest BCUT2D eigenvalue weighted by Gasteiger charge is -2.11. The number of hydrogen-bond donors (Lipinski definition) is 2. The predicted molar refractivity (Wildman–Crippen MR) is 128 cm³/mol. The molecule has 0 aliphatic carbocycles. The average Bonchev–Trinajstić information content (AvgIpc) is 3.33. The van der Waals surface area contributed by atoms with E-state index in [9.17, 15) is 24.8 Å². The standard InChI is InChI=1S/C24H17ClN4O7/c25-17-10-16(22(30)19(11-17)29(33)34)12-26-28-24(32)18(27-23(31)15-4-2-1-3-5-15)8-14-6-7-20-21(9-14)36-13-35-20/h1-12,30H,13H2,(H,27,31)(H,28,32)/p-1/b18-8+,26-12-. The molecule has 3 aromatic rings. The Kier molecular flexibility index (Phi) is 7.12. The Hall–Kier alpha value is -4.90. The van der Waals surface area contributed by atoms with Gasteiger partial charge in [-0.15, -0.1) is 0 Å². The van der Waals surface area contributed by atoms with Gasteiger partial charge in [-0.2, -0.15) is 5.10 Å². The number of nitrogens with one attached hydrogen (secondary N) is 2. The predicted octanol–water partition coefficient (Wildman–Crippen LogP) is 2.97. The van der Waals surface area contributed by atoms with Crippen LogP contribution in [0.25, 0.3) is 6.08 Å². The number of halogens is 1. The maximum absolute atomic E-state index is 12.9. The highest BCUT2D eigenvalue weighted by molar-refractivity contribution is 6.31. The van der Waals surface area contributed by atoms with Gasteiger partial charge in [0.1, 0.15) is 5.70 Å². The van der Waals surface area contributed by atoms with Gasteiger partial charge >= 0.3 is 0 Å². The molecule has 182 valence electrons. The molecular formula is C24H16ClN4O7-. The summed E-state index contributed by atoms with van der Waals surface area (Å²) in [5.41, 5.74) is 1.93. The van der Waals surface area contributed by atoms with E-state index in [1.54, 1.807) is 48.5 Å². The van der Waals surface area contributed by atoms with Gasteiger partial charge in [-0.3, -0.25) is 19.7 Å². The largest absolute Gasteiger partial charge is 0.867 e. The Labute approximate surface area is 208 Å². The van der Waals surface area contributed by atoms with Crippen LogP contribution in [0.2, 0.25) is 5.02 Å². The second kappa shape index (κ2) is 10.6. The lowest BCUT2D eigenvalue weighted by molar-refractivity contribution is -0.398. The molecule has 0 spiro atoms. The molecular weight excluding hydrogens is 492 g/mol. The van der Waals surface area contributed by atoms with E-state index in [2.05, 4.69) is 15.8 Å². The van der Waals surface area contributed by atoms with E-state index in [4.69, 9.17) is 21.1 Å². The van der Waals surface area contributed by atoms with Crippen LogP contribution in [-0.4, -0.2) is 29.7 Å². The van der Waals surface area contributed by atoms with Gasteiger partial charge in [-0.25, -0.2) is 5.43 Å². The number of nitrogens with zero attached hydrogens (tertiary/aromatic N) is 2. The maximum atomic E-state index is 12.9. The van der Waals surface area contributed by atoms with Crippen molar-refractivity contribution in [3.8, 4) is 17.2 Å². The average molecular weight is 508 g/mol. The Morgan fingerprint density at radius 1 is 1.06 bits per heavy atom. The number of amides is 2. The molecule has 0 saturated carbocycles. The Morgan fingerprint density at radius 2 is 1.81 bits per heavy atom. The van der Waals surface area contributed by atoms with Crippen molar-refractivity contribution in [3.05, 3.63) is 98.2 Å². The molecule has 0 aromatic heterocycles. The normalized spacial score (nSPS) is 12.4. The van der Waals surface area contributed by atoms with Gasteiger partial charge in [0, 0.05) is 16.7 Å². The molecule has 1 aliphatic rings. The second-order valence-corrected chi connectivity index (χ2v) is 7.73. The first-order valence-electron chi connectivity index (χ1n) is 10.3. The summed E-state index contributed by atoms with van der Waals surface area (Å²) >= 11 is 5.84. The number of ether oxygens (including phenoxy) is 2. The lowest BCUT2D eigenvalue weighted by atomic mass is 10.1. The van der Waals surface area contributed by atoms with Crippen molar-refractivity contribution >= 4 is 41.4 Å². The summed E-state index contributed by atoms with van der Waals surface area (Å²) in [6.45, 7) is 0.0681. The molecule has 12 heteroatoms. The summed E-state index contributed by atoms with van der Waals surface area (Å²) in [5, 5.41) is 29.4. The molecule has 3 aromatic carbocycles. The van der Waals surface area contributed by atoms with Gasteiger partial charge in [0.15, 0.2) is 11.5 Å². The smallest absolute Gasteiger partial charge is 0.287 e. The lowest BCUT2D eigenvalue weighted by Crippen LogP contribution is -2.32. The zero-order chi connectivity index (χ0) is 25.7. The summed E-state index contributed by atoms with van der Waals surface area (Å²) in [7, 11) is 0. The molecule has 2 N–H and O–H groups in total. The molecule has 0 unspecified atom stereocenters. The fourth-order valence-corrected chi connectivity index (χ4v) is 3.38. The molecule has 36 heavy (non-hydrogen) atoms. The number of fused-ring (bicyclic) bond motifs is 1. The van der Waals surface area contributed by atoms with Crippen molar-refractivity contribution < 1.29 is 29.1 Å². The van der Waals surface area contributed by atoms with Crippen molar-refractivity contribution in [1.82, 2.24) is 10.7 Å². The maximum Gasteiger partial charge on any atom is 0.287 e. The van der Waals surface area contributed by atoms with Gasteiger partial charge < -0.3 is 19.9 Å². The van der Waals surface area contributed by atoms with Gasteiger partial charge in [-0.05, 0) is 53.3 Å². The molecule has 0 bridgehead atoms. The minimum Gasteiger partial charge on any atom is -0.867 e. The summed E-state index contributed by atoms with van der Waals surface area (Å²) in [4.78, 5) is 35.7. The molecule has 0 saturated heterocycles. The molecule has 1 heterocycles. The van der Waals surface area contributed by atoms with Gasteiger partial charge in [0.05, 0.1) is 11.1 Å². The van der Waals surface area contributed by atoms with E-state index in [-0.39, 0.29) is 23.1 Å². The number of carbonyl (C=O) groups is 2. The fourth-order valence-electron chi connectivity index (χ4n) is 3.16. The van der Waals surface area contributed by atoms with E-state index in [0.29, 0.717) is 22.6 Å². The van der Waals surface area contributed by atoms with Gasteiger partial charge in [0.2, 0.25) is 6.79 Å². The number of carbonyl (C=O) groups excluding carboxylic acids is 2. The molecule has 0 fully saturated rings. The monoisotopic (exact) mass is 507 g/mol. The van der Waals surface area contributed by atoms with E-state index < -0.39 is 28.2 Å². The van der Waals surface area contributed by atoms with Crippen molar-refractivity contribution in [2.75, 3.05) is 6.79 Å². The third kappa shape index (κ3) is 5.59. The highest BCUT2D eigenvalue weighted by Crippen LogP contribution is 2.33. The minimum absolute atomic E-state index is 0.0485. The fraction of sp³-hybridized carbons (Fsp3) is 0.0417. The highest BCUT2D eigenvalue weighted by Gasteiger charge is 2.17. The Bertz CT molecular complexity index is 1410. The Morgan fingerprint density at radius 3 is 2.56 bits per heavy atom. The molecule has 4 rings (SSSR count). The van der Waals surface area contributed by atoms with Crippen molar-refractivity contribution in [1.29, 1.82) is 0 Å². The highest BCUT2D eigenvalue weighted by atomic mass is 35.5. The number of nitro groups is 1. The summed E-state index contributed by atoms with van der Waals surface area (Å²) in [6.07, 6.45) is 2.33. The summed E-state index contributed by atoms with van der Waals surface area (Å²) in [6, 6.07) is 15.3. The number of nitro benzene ring substituents is 1. The first-order valence-corrected chi connectivity index (χ1v) is 10.7. The third-order valence-corrected chi connectivity index (χ3v) is 5.08. The number of hydrazone groups is 1. The van der Waals surface area contributed by atoms with Crippen molar-refractivity contribution in [2.45, 2.75) is 0 Å². The summed E-state index contributed by atoms with van der Waals surface area (Å²) in [5.74, 6) is -1.27. The topological polar surface area (TPSA) is 155 Å². The first-order chi connectivity index (χ1) is 17.3. The van der Waals surface area contributed by atoms with E-state index in [1.807, 2.05) is 0 Å². The molecule has 2 amide bonds. The SMILES string of the molecule is O=C(N/N=C\c1cc(Cl)cc([N+](=O)[O-])c1[O-])/C(=C\c1ccc2c(c1)OCO2)NC(=O)c1ccccc1. The van der Waals surface area contributed by atoms with Crippen LogP contribution in [0.15, 0.2) is 71.5 Å². The number of benzene rings is 3. The quantitative estimate of drug-likeness (QED) is 0.215. The van der Waals surface area contributed by atoms with Gasteiger partial charge in [0.25, 0.3) is 17.5 Å².